The van der Waals surface area contributed by atoms with Gasteiger partial charge in [-0.1, -0.05) is 30.7 Å². The molecule has 0 radical (unpaired) electrons. The summed E-state index contributed by atoms with van der Waals surface area (Å²) in [6.45, 7) is 3.05. The summed E-state index contributed by atoms with van der Waals surface area (Å²) in [5, 5.41) is 0. The molecule has 3 atom stereocenters. The number of rotatable bonds is 2. The number of carbonyl (C=O) groups excluding carboxylic acids is 1. The van der Waals surface area contributed by atoms with E-state index in [-0.39, 0.29) is 18.0 Å². The molecule has 0 bridgehead atoms. The molecule has 0 aromatic heterocycles. The fourth-order valence-electron chi connectivity index (χ4n) is 4.00. The second-order valence-electron chi connectivity index (χ2n) is 6.67. The lowest BCUT2D eigenvalue weighted by atomic mass is 9.85. The van der Waals surface area contributed by atoms with Gasteiger partial charge in [-0.25, -0.2) is 0 Å². The minimum absolute atomic E-state index is 0.151. The Kier molecular flexibility index (Phi) is 4.29. The van der Waals surface area contributed by atoms with Crippen LogP contribution in [0.1, 0.15) is 55.7 Å². The maximum atomic E-state index is 12.9. The highest BCUT2D eigenvalue weighted by Crippen LogP contribution is 2.36. The summed E-state index contributed by atoms with van der Waals surface area (Å²) in [7, 11) is 0. The molecule has 0 spiro atoms. The summed E-state index contributed by atoms with van der Waals surface area (Å²) in [5.74, 6) is 0.495. The van der Waals surface area contributed by atoms with Crippen molar-refractivity contribution >= 4 is 5.91 Å². The maximum absolute atomic E-state index is 12.9. The Morgan fingerprint density at radius 2 is 2.00 bits per heavy atom. The van der Waals surface area contributed by atoms with Crippen molar-refractivity contribution in [2.45, 2.75) is 57.5 Å². The molecule has 2 aliphatic rings. The number of carbonyl (C=O) groups is 1. The summed E-state index contributed by atoms with van der Waals surface area (Å²) in [5.41, 5.74) is 8.68. The molecule has 3 rings (SSSR count). The van der Waals surface area contributed by atoms with Crippen LogP contribution in [-0.4, -0.2) is 23.4 Å². The highest BCUT2D eigenvalue weighted by molar-refractivity contribution is 5.80. The summed E-state index contributed by atoms with van der Waals surface area (Å²) in [6, 6.07) is 8.97. The molecule has 1 heterocycles. The number of likely N-dealkylation sites (tertiary alicyclic amines) is 1. The van der Waals surface area contributed by atoms with E-state index in [2.05, 4.69) is 36.1 Å². The van der Waals surface area contributed by atoms with Gasteiger partial charge in [0.1, 0.15) is 0 Å². The number of benzene rings is 1. The third-order valence-corrected chi connectivity index (χ3v) is 5.15. The van der Waals surface area contributed by atoms with Crippen molar-refractivity contribution in [1.82, 2.24) is 4.90 Å². The molecule has 114 valence electrons. The lowest BCUT2D eigenvalue weighted by Gasteiger charge is -2.33. The Morgan fingerprint density at radius 3 is 2.76 bits per heavy atom. The van der Waals surface area contributed by atoms with Crippen molar-refractivity contribution in [1.29, 1.82) is 0 Å². The van der Waals surface area contributed by atoms with Crippen LogP contribution in [0.4, 0.5) is 0 Å². The monoisotopic (exact) mass is 286 g/mol. The largest absolute Gasteiger partial charge is 0.335 e. The topological polar surface area (TPSA) is 46.3 Å². The summed E-state index contributed by atoms with van der Waals surface area (Å²) >= 11 is 0. The van der Waals surface area contributed by atoms with Gasteiger partial charge in [-0.3, -0.25) is 4.79 Å². The molecule has 21 heavy (non-hydrogen) atoms. The van der Waals surface area contributed by atoms with Crippen molar-refractivity contribution in [3.8, 4) is 0 Å². The van der Waals surface area contributed by atoms with E-state index in [0.717, 1.165) is 45.1 Å². The zero-order valence-corrected chi connectivity index (χ0v) is 12.9. The predicted molar refractivity (Wildman–Crippen MR) is 84.8 cm³/mol. The van der Waals surface area contributed by atoms with E-state index in [1.807, 2.05) is 0 Å². The third kappa shape index (κ3) is 2.98. The molecular weight excluding hydrogens is 260 g/mol. The smallest absolute Gasteiger partial charge is 0.226 e. The van der Waals surface area contributed by atoms with Gasteiger partial charge in [0.2, 0.25) is 5.91 Å². The second-order valence-corrected chi connectivity index (χ2v) is 6.67. The van der Waals surface area contributed by atoms with E-state index < -0.39 is 0 Å². The van der Waals surface area contributed by atoms with Crippen LogP contribution in [0, 0.1) is 12.8 Å². The average molecular weight is 286 g/mol. The SMILES string of the molecule is Cc1ccccc1C1CCCN1C(=O)C1CCCC(N)C1. The van der Waals surface area contributed by atoms with E-state index in [9.17, 15) is 4.79 Å². The van der Waals surface area contributed by atoms with Gasteiger partial charge in [0.25, 0.3) is 0 Å². The van der Waals surface area contributed by atoms with E-state index in [0.29, 0.717) is 5.91 Å². The average Bonchev–Trinajstić information content (AvgIpc) is 2.96. The standard InChI is InChI=1S/C18H26N2O/c1-13-6-2-3-9-16(13)17-10-5-11-20(17)18(21)14-7-4-8-15(19)12-14/h2-3,6,9,14-15,17H,4-5,7-8,10-12,19H2,1H3. The molecule has 1 aliphatic carbocycles. The Balaban J connectivity index is 1.77. The van der Waals surface area contributed by atoms with Crippen LogP contribution in [0.25, 0.3) is 0 Å². The van der Waals surface area contributed by atoms with Crippen molar-refractivity contribution < 1.29 is 4.79 Å². The minimum Gasteiger partial charge on any atom is -0.335 e. The Labute approximate surface area is 127 Å². The number of aryl methyl sites for hydroxylation is 1. The second kappa shape index (κ2) is 6.18. The Bertz CT molecular complexity index is 514. The molecule has 1 aliphatic heterocycles. The number of nitrogens with two attached hydrogens (primary N) is 1. The van der Waals surface area contributed by atoms with Crippen LogP contribution < -0.4 is 5.73 Å². The van der Waals surface area contributed by atoms with Gasteiger partial charge in [0.05, 0.1) is 6.04 Å². The van der Waals surface area contributed by atoms with Gasteiger partial charge in [-0.15, -0.1) is 0 Å². The van der Waals surface area contributed by atoms with E-state index >= 15 is 0 Å². The van der Waals surface area contributed by atoms with Crippen LogP contribution in [0.5, 0.6) is 0 Å². The highest BCUT2D eigenvalue weighted by atomic mass is 16.2. The summed E-state index contributed by atoms with van der Waals surface area (Å²) in [6.07, 6.45) is 6.27. The van der Waals surface area contributed by atoms with Gasteiger partial charge in [0.15, 0.2) is 0 Å². The van der Waals surface area contributed by atoms with Crippen molar-refractivity contribution in [3.63, 3.8) is 0 Å². The molecule has 3 heteroatoms. The van der Waals surface area contributed by atoms with Crippen molar-refractivity contribution in [3.05, 3.63) is 35.4 Å². The molecule has 1 aromatic rings. The van der Waals surface area contributed by atoms with Crippen LogP contribution in [0.2, 0.25) is 0 Å². The normalized spacial score (nSPS) is 29.6. The van der Waals surface area contributed by atoms with Crippen LogP contribution in [-0.2, 0) is 4.79 Å². The first-order valence-electron chi connectivity index (χ1n) is 8.28. The lowest BCUT2D eigenvalue weighted by molar-refractivity contribution is -0.137. The van der Waals surface area contributed by atoms with Crippen molar-refractivity contribution in [2.75, 3.05) is 6.54 Å². The van der Waals surface area contributed by atoms with Gasteiger partial charge < -0.3 is 10.6 Å². The Hall–Kier alpha value is -1.35. The quantitative estimate of drug-likeness (QED) is 0.907. The van der Waals surface area contributed by atoms with Gasteiger partial charge in [0, 0.05) is 18.5 Å². The summed E-state index contributed by atoms with van der Waals surface area (Å²) < 4.78 is 0. The van der Waals surface area contributed by atoms with Gasteiger partial charge in [-0.2, -0.15) is 0 Å². The van der Waals surface area contributed by atoms with Gasteiger partial charge >= 0.3 is 0 Å². The van der Waals surface area contributed by atoms with Crippen LogP contribution >= 0.6 is 0 Å². The molecular formula is C18H26N2O. The fourth-order valence-corrected chi connectivity index (χ4v) is 4.00. The first-order chi connectivity index (χ1) is 10.2. The number of amides is 1. The van der Waals surface area contributed by atoms with Crippen molar-refractivity contribution in [2.24, 2.45) is 11.7 Å². The molecule has 1 aromatic carbocycles. The molecule has 1 saturated carbocycles. The van der Waals surface area contributed by atoms with E-state index in [1.165, 1.54) is 11.1 Å². The highest BCUT2D eigenvalue weighted by Gasteiger charge is 2.35. The lowest BCUT2D eigenvalue weighted by Crippen LogP contribution is -2.40. The molecule has 1 amide bonds. The van der Waals surface area contributed by atoms with E-state index in [4.69, 9.17) is 5.73 Å². The number of hydrogen-bond acceptors (Lipinski definition) is 2. The van der Waals surface area contributed by atoms with Crippen LogP contribution in [0.3, 0.4) is 0 Å². The summed E-state index contributed by atoms with van der Waals surface area (Å²) in [4.78, 5) is 15.0. The molecule has 3 unspecified atom stereocenters. The van der Waals surface area contributed by atoms with Crippen LogP contribution in [0.15, 0.2) is 24.3 Å². The van der Waals surface area contributed by atoms with Gasteiger partial charge in [-0.05, 0) is 50.2 Å². The number of nitrogens with zero attached hydrogens (tertiary/aromatic N) is 1. The zero-order chi connectivity index (χ0) is 14.8. The maximum Gasteiger partial charge on any atom is 0.226 e. The first-order valence-corrected chi connectivity index (χ1v) is 8.28. The zero-order valence-electron chi connectivity index (χ0n) is 12.9. The Morgan fingerprint density at radius 1 is 1.19 bits per heavy atom. The molecule has 1 saturated heterocycles. The van der Waals surface area contributed by atoms with E-state index in [1.54, 1.807) is 0 Å². The third-order valence-electron chi connectivity index (χ3n) is 5.15. The minimum atomic E-state index is 0.151. The molecule has 2 N–H and O–H groups in total. The number of hydrogen-bond donors (Lipinski definition) is 1. The predicted octanol–water partition coefficient (Wildman–Crippen LogP) is 3.18. The molecule has 3 nitrogen and oxygen atoms in total. The first kappa shape index (κ1) is 14.6. The molecule has 2 fully saturated rings. The fraction of sp³-hybridized carbons (Fsp3) is 0.611.